The summed E-state index contributed by atoms with van der Waals surface area (Å²) in [5.74, 6) is -1.78. The Bertz CT molecular complexity index is 1120. The molecule has 2 aliphatic heterocycles. The fraction of sp³-hybridized carbons (Fsp3) is 0.458. The minimum Gasteiger partial charge on any atom is -0.478 e. The van der Waals surface area contributed by atoms with Gasteiger partial charge in [-0.1, -0.05) is 12.5 Å². The van der Waals surface area contributed by atoms with Crippen molar-refractivity contribution in [3.8, 4) is 0 Å². The summed E-state index contributed by atoms with van der Waals surface area (Å²) < 4.78 is 41.6. The molecule has 2 N–H and O–H groups in total. The van der Waals surface area contributed by atoms with E-state index in [0.717, 1.165) is 45.1 Å². The minimum atomic E-state index is -4.07. The highest BCUT2D eigenvalue weighted by atomic mass is 32.2. The number of piperidine rings is 2. The van der Waals surface area contributed by atoms with E-state index in [1.54, 1.807) is 19.1 Å². The third kappa shape index (κ3) is 5.30. The van der Waals surface area contributed by atoms with Gasteiger partial charge in [-0.15, -0.1) is 0 Å². The van der Waals surface area contributed by atoms with Gasteiger partial charge >= 0.3 is 5.97 Å². The van der Waals surface area contributed by atoms with E-state index in [1.165, 1.54) is 37.5 Å². The summed E-state index contributed by atoms with van der Waals surface area (Å²) in [4.78, 5) is 16.5. The normalized spacial score (nSPS) is 18.3. The Balaban J connectivity index is 1.51. The molecule has 2 aromatic rings. The van der Waals surface area contributed by atoms with Crippen LogP contribution in [0.25, 0.3) is 0 Å². The number of halogens is 1. The lowest BCUT2D eigenvalue weighted by Gasteiger charge is -2.41. The predicted octanol–water partition coefficient (Wildman–Crippen LogP) is 4.09. The van der Waals surface area contributed by atoms with Gasteiger partial charge in [-0.05, 0) is 81.6 Å². The van der Waals surface area contributed by atoms with Crippen molar-refractivity contribution in [1.29, 1.82) is 0 Å². The molecule has 178 valence electrons. The molecule has 0 radical (unpaired) electrons. The molecule has 7 nitrogen and oxygen atoms in total. The number of anilines is 2. The standard InChI is InChI=1S/C24H30FN3O4S/c1-17-5-6-18(25)15-23(17)33(31,32)26-19-7-8-22(21(16-19)24(29)30)28-13-9-20(10-14-28)27-11-3-2-4-12-27/h5-8,15-16,20,26H,2-4,9-14H2,1H3,(H,29,30). The van der Waals surface area contributed by atoms with Crippen molar-refractivity contribution < 1.29 is 22.7 Å². The molecule has 0 saturated carbocycles. The third-order valence-electron chi connectivity index (χ3n) is 6.63. The Labute approximate surface area is 194 Å². The number of nitrogens with zero attached hydrogens (tertiary/aromatic N) is 2. The van der Waals surface area contributed by atoms with Crippen molar-refractivity contribution in [2.75, 3.05) is 35.8 Å². The van der Waals surface area contributed by atoms with E-state index >= 15 is 0 Å². The van der Waals surface area contributed by atoms with Crippen molar-refractivity contribution >= 4 is 27.4 Å². The molecule has 9 heteroatoms. The average Bonchev–Trinajstić information content (AvgIpc) is 2.81. The van der Waals surface area contributed by atoms with Crippen molar-refractivity contribution in [2.45, 2.75) is 50.0 Å². The minimum absolute atomic E-state index is 0.0441. The van der Waals surface area contributed by atoms with Crippen LogP contribution in [-0.4, -0.2) is 56.6 Å². The zero-order chi connectivity index (χ0) is 23.6. The van der Waals surface area contributed by atoms with Gasteiger partial charge < -0.3 is 14.9 Å². The van der Waals surface area contributed by atoms with E-state index < -0.39 is 21.8 Å². The van der Waals surface area contributed by atoms with E-state index in [2.05, 4.69) is 14.5 Å². The molecule has 0 unspecified atom stereocenters. The number of rotatable bonds is 6. The smallest absolute Gasteiger partial charge is 0.337 e. The number of likely N-dealkylation sites (tertiary alicyclic amines) is 1. The molecule has 0 amide bonds. The molecule has 0 aromatic heterocycles. The SMILES string of the molecule is Cc1ccc(F)cc1S(=O)(=O)Nc1ccc(N2CCC(N3CCCCC3)CC2)c(C(=O)O)c1. The molecule has 0 aliphatic carbocycles. The second-order valence-electron chi connectivity index (χ2n) is 8.87. The van der Waals surface area contributed by atoms with Crippen LogP contribution in [-0.2, 0) is 10.0 Å². The lowest BCUT2D eigenvalue weighted by atomic mass is 9.98. The lowest BCUT2D eigenvalue weighted by molar-refractivity contribution is 0.0697. The molecule has 33 heavy (non-hydrogen) atoms. The molecule has 2 aromatic carbocycles. The van der Waals surface area contributed by atoms with E-state index in [0.29, 0.717) is 17.3 Å². The topological polar surface area (TPSA) is 90.0 Å². The van der Waals surface area contributed by atoms with Crippen molar-refractivity contribution in [2.24, 2.45) is 0 Å². The van der Waals surface area contributed by atoms with Gasteiger partial charge in [0.2, 0.25) is 0 Å². The molecule has 2 heterocycles. The van der Waals surface area contributed by atoms with Gasteiger partial charge in [0.05, 0.1) is 16.1 Å². The largest absolute Gasteiger partial charge is 0.478 e. The number of carboxylic acid groups (broad SMARTS) is 1. The maximum absolute atomic E-state index is 13.6. The van der Waals surface area contributed by atoms with Gasteiger partial charge in [-0.25, -0.2) is 17.6 Å². The van der Waals surface area contributed by atoms with E-state index in [-0.39, 0.29) is 16.1 Å². The second kappa shape index (κ2) is 9.69. The number of sulfonamides is 1. The van der Waals surface area contributed by atoms with Crippen molar-refractivity contribution in [1.82, 2.24) is 4.90 Å². The van der Waals surface area contributed by atoms with Crippen LogP contribution in [0.1, 0.15) is 48.0 Å². The molecule has 0 spiro atoms. The maximum atomic E-state index is 13.6. The van der Waals surface area contributed by atoms with Crippen LogP contribution < -0.4 is 9.62 Å². The number of carboxylic acids is 1. The maximum Gasteiger partial charge on any atom is 0.337 e. The van der Waals surface area contributed by atoms with Gasteiger partial charge in [0, 0.05) is 24.8 Å². The Hall–Kier alpha value is -2.65. The molecule has 2 aliphatic rings. The van der Waals surface area contributed by atoms with E-state index in [1.807, 2.05) is 0 Å². The summed E-state index contributed by atoms with van der Waals surface area (Å²) in [5.41, 5.74) is 1.16. The number of nitrogens with one attached hydrogen (secondary N) is 1. The number of carbonyl (C=O) groups is 1. The summed E-state index contributed by atoms with van der Waals surface area (Å²) in [6.07, 6.45) is 5.75. The molecular formula is C24H30FN3O4S. The van der Waals surface area contributed by atoms with Crippen LogP contribution in [0.15, 0.2) is 41.3 Å². The van der Waals surface area contributed by atoms with Crippen LogP contribution in [0.3, 0.4) is 0 Å². The first kappa shape index (κ1) is 23.5. The monoisotopic (exact) mass is 475 g/mol. The highest BCUT2D eigenvalue weighted by Crippen LogP contribution is 2.30. The Kier molecular flexibility index (Phi) is 6.90. The summed E-state index contributed by atoms with van der Waals surface area (Å²) in [6.45, 7) is 5.38. The van der Waals surface area contributed by atoms with Gasteiger partial charge in [0.15, 0.2) is 0 Å². The Morgan fingerprint density at radius 1 is 1.03 bits per heavy atom. The fourth-order valence-electron chi connectivity index (χ4n) is 4.88. The lowest BCUT2D eigenvalue weighted by Crippen LogP contribution is -2.47. The summed E-state index contributed by atoms with van der Waals surface area (Å²) in [7, 11) is -4.07. The summed E-state index contributed by atoms with van der Waals surface area (Å²) in [6, 6.07) is 8.63. The highest BCUT2D eigenvalue weighted by molar-refractivity contribution is 7.92. The van der Waals surface area contributed by atoms with Crippen LogP contribution >= 0.6 is 0 Å². The van der Waals surface area contributed by atoms with Crippen LogP contribution in [0.5, 0.6) is 0 Å². The average molecular weight is 476 g/mol. The Morgan fingerprint density at radius 3 is 2.39 bits per heavy atom. The molecule has 4 rings (SSSR count). The van der Waals surface area contributed by atoms with Gasteiger partial charge in [-0.3, -0.25) is 4.72 Å². The Morgan fingerprint density at radius 2 is 1.73 bits per heavy atom. The number of aromatic carboxylic acids is 1. The number of benzene rings is 2. The number of aryl methyl sites for hydroxylation is 1. The number of hydrogen-bond donors (Lipinski definition) is 2. The molecular weight excluding hydrogens is 445 g/mol. The van der Waals surface area contributed by atoms with Crippen molar-refractivity contribution in [3.63, 3.8) is 0 Å². The molecule has 0 atom stereocenters. The zero-order valence-electron chi connectivity index (χ0n) is 18.8. The summed E-state index contributed by atoms with van der Waals surface area (Å²) >= 11 is 0. The predicted molar refractivity (Wildman–Crippen MR) is 126 cm³/mol. The highest BCUT2D eigenvalue weighted by Gasteiger charge is 2.28. The summed E-state index contributed by atoms with van der Waals surface area (Å²) in [5, 5.41) is 9.81. The van der Waals surface area contributed by atoms with Crippen LogP contribution in [0.2, 0.25) is 0 Å². The first-order valence-electron chi connectivity index (χ1n) is 11.4. The molecule has 2 saturated heterocycles. The number of hydrogen-bond acceptors (Lipinski definition) is 5. The van der Waals surface area contributed by atoms with Gasteiger partial charge in [0.25, 0.3) is 10.0 Å². The van der Waals surface area contributed by atoms with Gasteiger partial charge in [0.1, 0.15) is 5.82 Å². The van der Waals surface area contributed by atoms with Crippen molar-refractivity contribution in [3.05, 3.63) is 53.3 Å². The fourth-order valence-corrected chi connectivity index (χ4v) is 6.18. The second-order valence-corrected chi connectivity index (χ2v) is 10.5. The van der Waals surface area contributed by atoms with E-state index in [4.69, 9.17) is 0 Å². The first-order valence-corrected chi connectivity index (χ1v) is 12.9. The van der Waals surface area contributed by atoms with Gasteiger partial charge in [-0.2, -0.15) is 0 Å². The molecule has 0 bridgehead atoms. The first-order chi connectivity index (χ1) is 15.7. The van der Waals surface area contributed by atoms with Crippen LogP contribution in [0.4, 0.5) is 15.8 Å². The molecule has 2 fully saturated rings. The quantitative estimate of drug-likeness (QED) is 0.654. The third-order valence-corrected chi connectivity index (χ3v) is 8.15. The van der Waals surface area contributed by atoms with Crippen LogP contribution in [0, 0.1) is 12.7 Å². The van der Waals surface area contributed by atoms with E-state index in [9.17, 15) is 22.7 Å². The zero-order valence-corrected chi connectivity index (χ0v) is 19.6.